The molecule has 0 amide bonds. The standard InChI is InChI=1S/C21H29NOSi/c1-5-22(6-2)21(23)17-20(18-13-9-7-10-14-18)24(3,4)19-15-11-8-12-16-19/h7-17,20,23H,5-6H2,1-4H3/b21-17-. The van der Waals surface area contributed by atoms with Gasteiger partial charge in [0.2, 0.25) is 0 Å². The molecule has 2 aromatic rings. The maximum atomic E-state index is 10.7. The zero-order valence-electron chi connectivity index (χ0n) is 15.2. The van der Waals surface area contributed by atoms with Crippen LogP contribution in [0.2, 0.25) is 13.1 Å². The Balaban J connectivity index is 2.50. The summed E-state index contributed by atoms with van der Waals surface area (Å²) >= 11 is 0. The van der Waals surface area contributed by atoms with Crippen LogP contribution >= 0.6 is 0 Å². The van der Waals surface area contributed by atoms with Crippen molar-refractivity contribution in [1.82, 2.24) is 4.90 Å². The first-order valence-corrected chi connectivity index (χ1v) is 11.8. The van der Waals surface area contributed by atoms with Crippen molar-refractivity contribution in [2.75, 3.05) is 13.1 Å². The molecular formula is C21H29NOSi. The van der Waals surface area contributed by atoms with Crippen molar-refractivity contribution in [3.63, 3.8) is 0 Å². The molecule has 1 atom stereocenters. The van der Waals surface area contributed by atoms with E-state index in [4.69, 9.17) is 0 Å². The van der Waals surface area contributed by atoms with E-state index in [1.807, 2.05) is 11.0 Å². The van der Waals surface area contributed by atoms with Crippen molar-refractivity contribution in [2.24, 2.45) is 0 Å². The lowest BCUT2D eigenvalue weighted by Crippen LogP contribution is -2.47. The van der Waals surface area contributed by atoms with E-state index in [9.17, 15) is 5.11 Å². The van der Waals surface area contributed by atoms with Crippen LogP contribution in [0.5, 0.6) is 0 Å². The van der Waals surface area contributed by atoms with Crippen LogP contribution in [0.25, 0.3) is 0 Å². The molecule has 0 spiro atoms. The highest BCUT2D eigenvalue weighted by Crippen LogP contribution is 2.29. The molecule has 0 heterocycles. The van der Waals surface area contributed by atoms with Crippen molar-refractivity contribution in [1.29, 1.82) is 0 Å². The molecule has 0 aromatic heterocycles. The number of hydrogen-bond acceptors (Lipinski definition) is 2. The van der Waals surface area contributed by atoms with E-state index in [1.54, 1.807) is 0 Å². The molecular weight excluding hydrogens is 310 g/mol. The minimum atomic E-state index is -1.85. The van der Waals surface area contributed by atoms with Crippen molar-refractivity contribution in [3.05, 3.63) is 78.2 Å². The summed E-state index contributed by atoms with van der Waals surface area (Å²) < 4.78 is 0. The zero-order chi connectivity index (χ0) is 17.6. The molecule has 2 aromatic carbocycles. The summed E-state index contributed by atoms with van der Waals surface area (Å²) in [5.41, 5.74) is 1.50. The van der Waals surface area contributed by atoms with Crippen LogP contribution in [0, 0.1) is 0 Å². The summed E-state index contributed by atoms with van der Waals surface area (Å²) in [4.78, 5) is 2.01. The smallest absolute Gasteiger partial charge is 0.182 e. The highest BCUT2D eigenvalue weighted by molar-refractivity contribution is 6.91. The van der Waals surface area contributed by atoms with Crippen molar-refractivity contribution < 1.29 is 5.11 Å². The Morgan fingerprint density at radius 2 is 1.46 bits per heavy atom. The molecule has 0 saturated heterocycles. The van der Waals surface area contributed by atoms with Gasteiger partial charge in [-0.25, -0.2) is 0 Å². The van der Waals surface area contributed by atoms with Crippen molar-refractivity contribution in [3.8, 4) is 0 Å². The number of hydrogen-bond donors (Lipinski definition) is 1. The first-order chi connectivity index (χ1) is 11.5. The van der Waals surface area contributed by atoms with Gasteiger partial charge in [0.1, 0.15) is 0 Å². The Morgan fingerprint density at radius 1 is 0.958 bits per heavy atom. The monoisotopic (exact) mass is 339 g/mol. The number of benzene rings is 2. The quantitative estimate of drug-likeness (QED) is 0.585. The van der Waals surface area contributed by atoms with E-state index in [-0.39, 0.29) is 5.54 Å². The second-order valence-electron chi connectivity index (χ2n) is 6.67. The van der Waals surface area contributed by atoms with E-state index < -0.39 is 8.07 Å². The fraction of sp³-hybridized carbons (Fsp3) is 0.333. The Morgan fingerprint density at radius 3 is 1.96 bits per heavy atom. The van der Waals surface area contributed by atoms with Crippen LogP contribution in [0.3, 0.4) is 0 Å². The van der Waals surface area contributed by atoms with Crippen LogP contribution < -0.4 is 5.19 Å². The average molecular weight is 340 g/mol. The molecule has 1 N–H and O–H groups in total. The number of rotatable bonds is 7. The average Bonchev–Trinajstić information content (AvgIpc) is 2.62. The van der Waals surface area contributed by atoms with Gasteiger partial charge in [-0.2, -0.15) is 0 Å². The lowest BCUT2D eigenvalue weighted by Gasteiger charge is -2.32. The molecule has 2 nitrogen and oxygen atoms in total. The van der Waals surface area contributed by atoms with Crippen molar-refractivity contribution in [2.45, 2.75) is 32.5 Å². The van der Waals surface area contributed by atoms with E-state index in [0.29, 0.717) is 5.88 Å². The van der Waals surface area contributed by atoms with Crippen LogP contribution in [-0.4, -0.2) is 31.2 Å². The predicted octanol–water partition coefficient (Wildman–Crippen LogP) is 4.67. The molecule has 0 saturated carbocycles. The number of nitrogens with zero attached hydrogens (tertiary/aromatic N) is 1. The molecule has 0 fully saturated rings. The Bertz CT molecular complexity index is 648. The third kappa shape index (κ3) is 4.09. The minimum Gasteiger partial charge on any atom is -0.495 e. The topological polar surface area (TPSA) is 23.5 Å². The summed E-state index contributed by atoms with van der Waals surface area (Å²) in [6.07, 6.45) is 2.07. The fourth-order valence-corrected chi connectivity index (χ4v) is 6.23. The lowest BCUT2D eigenvalue weighted by molar-refractivity contribution is 0.214. The second-order valence-corrected chi connectivity index (χ2v) is 11.3. The summed E-state index contributed by atoms with van der Waals surface area (Å²) in [6.45, 7) is 10.5. The van der Waals surface area contributed by atoms with Crippen molar-refractivity contribution >= 4 is 13.3 Å². The largest absolute Gasteiger partial charge is 0.495 e. The summed E-state index contributed by atoms with van der Waals surface area (Å²) in [5, 5.41) is 12.1. The van der Waals surface area contributed by atoms with Gasteiger partial charge in [0.05, 0.1) is 8.07 Å². The van der Waals surface area contributed by atoms with E-state index >= 15 is 0 Å². The van der Waals surface area contributed by atoms with Crippen LogP contribution in [0.1, 0.15) is 25.0 Å². The molecule has 0 aliphatic heterocycles. The number of allylic oxidation sites excluding steroid dienone is 1. The first kappa shape index (κ1) is 18.3. The van der Waals surface area contributed by atoms with Gasteiger partial charge in [0, 0.05) is 18.6 Å². The molecule has 0 aliphatic carbocycles. The van der Waals surface area contributed by atoms with Gasteiger partial charge in [0.15, 0.2) is 5.88 Å². The maximum Gasteiger partial charge on any atom is 0.182 e. The fourth-order valence-electron chi connectivity index (χ4n) is 3.23. The molecule has 128 valence electrons. The van der Waals surface area contributed by atoms with E-state index in [1.165, 1.54) is 10.8 Å². The van der Waals surface area contributed by atoms with Crippen LogP contribution in [0.15, 0.2) is 72.6 Å². The molecule has 1 unspecified atom stereocenters. The van der Waals surface area contributed by atoms with Crippen LogP contribution in [-0.2, 0) is 0 Å². The normalized spacial score (nSPS) is 13.6. The van der Waals surface area contributed by atoms with Gasteiger partial charge in [-0.1, -0.05) is 78.9 Å². The van der Waals surface area contributed by atoms with Gasteiger partial charge >= 0.3 is 0 Å². The predicted molar refractivity (Wildman–Crippen MR) is 106 cm³/mol. The van der Waals surface area contributed by atoms with Gasteiger partial charge in [-0.15, -0.1) is 0 Å². The molecule has 0 radical (unpaired) electrons. The van der Waals surface area contributed by atoms with E-state index in [2.05, 4.69) is 87.6 Å². The van der Waals surface area contributed by atoms with Gasteiger partial charge in [-0.3, -0.25) is 0 Å². The zero-order valence-corrected chi connectivity index (χ0v) is 16.2. The summed E-state index contributed by atoms with van der Waals surface area (Å²) in [7, 11) is -1.85. The summed E-state index contributed by atoms with van der Waals surface area (Å²) in [5.74, 6) is 0.394. The van der Waals surface area contributed by atoms with Gasteiger partial charge in [0.25, 0.3) is 0 Å². The minimum absolute atomic E-state index is 0.224. The number of aliphatic hydroxyl groups excluding tert-OH is 1. The molecule has 24 heavy (non-hydrogen) atoms. The SMILES string of the molecule is CCN(CC)/C(O)=C/C(c1ccccc1)[Si](C)(C)c1ccccc1. The van der Waals surface area contributed by atoms with Gasteiger partial charge in [-0.05, 0) is 25.5 Å². The first-order valence-electron chi connectivity index (χ1n) is 8.76. The van der Waals surface area contributed by atoms with Crippen LogP contribution in [0.4, 0.5) is 0 Å². The highest BCUT2D eigenvalue weighted by Gasteiger charge is 2.34. The third-order valence-electron chi connectivity index (χ3n) is 4.86. The Labute approximate surface area is 147 Å². The third-order valence-corrected chi connectivity index (χ3v) is 8.73. The van der Waals surface area contributed by atoms with Gasteiger partial charge < -0.3 is 10.0 Å². The molecule has 2 rings (SSSR count). The maximum absolute atomic E-state index is 10.7. The molecule has 3 heteroatoms. The Kier molecular flexibility index (Phi) is 6.27. The highest BCUT2D eigenvalue weighted by atomic mass is 28.3. The second kappa shape index (κ2) is 8.20. The lowest BCUT2D eigenvalue weighted by atomic mass is 10.1. The Hall–Kier alpha value is -2.00. The van der Waals surface area contributed by atoms with E-state index in [0.717, 1.165) is 13.1 Å². The number of aliphatic hydroxyl groups is 1. The summed E-state index contributed by atoms with van der Waals surface area (Å²) in [6, 6.07) is 21.3. The molecule has 0 aliphatic rings. The molecule has 0 bridgehead atoms.